The second-order valence-corrected chi connectivity index (χ2v) is 8.84. The van der Waals surface area contributed by atoms with Crippen molar-refractivity contribution in [2.75, 3.05) is 18.0 Å². The van der Waals surface area contributed by atoms with Crippen LogP contribution in [0.4, 0.5) is 15.0 Å². The Hall–Kier alpha value is -3.65. The van der Waals surface area contributed by atoms with Gasteiger partial charge in [-0.15, -0.1) is 0 Å². The summed E-state index contributed by atoms with van der Waals surface area (Å²) in [6.07, 6.45) is 2.60. The summed E-state index contributed by atoms with van der Waals surface area (Å²) in [5.41, 5.74) is 1.65. The highest BCUT2D eigenvalue weighted by Gasteiger charge is 2.27. The molecule has 3 rings (SSSR count). The summed E-state index contributed by atoms with van der Waals surface area (Å²) in [5, 5.41) is 21.8. The first kappa shape index (κ1) is 23.0. The number of piperidine rings is 1. The van der Waals surface area contributed by atoms with E-state index in [1.807, 2.05) is 38.7 Å². The minimum absolute atomic E-state index is 0.0239. The van der Waals surface area contributed by atoms with Crippen molar-refractivity contribution in [1.82, 2.24) is 10.3 Å². The molecule has 0 atom stereocenters. The van der Waals surface area contributed by atoms with E-state index in [4.69, 9.17) is 10.00 Å². The number of hydrogen-bond donors (Lipinski definition) is 1. The molecule has 0 unspecified atom stereocenters. The fraction of sp³-hybridized carbons (Fsp3) is 0.417. The summed E-state index contributed by atoms with van der Waals surface area (Å²) >= 11 is 0. The van der Waals surface area contributed by atoms with Crippen LogP contribution in [0.1, 0.15) is 50.3 Å². The van der Waals surface area contributed by atoms with Crippen molar-refractivity contribution >= 4 is 11.9 Å². The maximum atomic E-state index is 14.2. The average molecular weight is 436 g/mol. The molecule has 7 nitrogen and oxygen atoms in total. The molecule has 0 radical (unpaired) electrons. The van der Waals surface area contributed by atoms with Gasteiger partial charge in [-0.2, -0.15) is 10.5 Å². The van der Waals surface area contributed by atoms with Crippen LogP contribution in [-0.4, -0.2) is 35.8 Å². The number of amides is 1. The smallest absolute Gasteiger partial charge is 0.407 e. The Balaban J connectivity index is 1.81. The number of nitrogens with one attached hydrogen (secondary N) is 1. The number of nitriles is 2. The van der Waals surface area contributed by atoms with E-state index < -0.39 is 17.5 Å². The largest absolute Gasteiger partial charge is 0.444 e. The van der Waals surface area contributed by atoms with Gasteiger partial charge in [0.05, 0.1) is 5.56 Å². The molecule has 1 aliphatic rings. The van der Waals surface area contributed by atoms with E-state index in [9.17, 15) is 14.4 Å². The normalized spacial score (nSPS) is 14.4. The molecular formula is C24H26FN5O2. The predicted octanol–water partition coefficient (Wildman–Crippen LogP) is 4.43. The minimum atomic E-state index is -0.624. The Bertz CT molecular complexity index is 1100. The lowest BCUT2D eigenvalue weighted by molar-refractivity contribution is 0.0497. The number of halogens is 1. The monoisotopic (exact) mass is 435 g/mol. The molecule has 2 heterocycles. The standard InChI is InChI=1S/C24H26FN5O2/c1-15-14-28-22(19(13-27)21(15)16-5-6-17(12-26)20(25)11-16)30-9-7-18(8-10-30)29-23(31)32-24(2,3)4/h5-6,11,14,18H,7-10H2,1-4H3,(H,29,31). The zero-order chi connectivity index (χ0) is 23.5. The zero-order valence-corrected chi connectivity index (χ0v) is 18.7. The van der Waals surface area contributed by atoms with Crippen LogP contribution in [0.25, 0.3) is 11.1 Å². The molecule has 1 amide bonds. The number of alkyl carbamates (subject to hydrolysis) is 1. The molecule has 2 aromatic rings. The molecule has 1 saturated heterocycles. The third-order valence-electron chi connectivity index (χ3n) is 5.25. The fourth-order valence-electron chi connectivity index (χ4n) is 3.78. The average Bonchev–Trinajstić information content (AvgIpc) is 2.72. The Morgan fingerprint density at radius 2 is 1.94 bits per heavy atom. The van der Waals surface area contributed by atoms with Crippen molar-refractivity contribution in [3.63, 3.8) is 0 Å². The van der Waals surface area contributed by atoms with Gasteiger partial charge in [-0.1, -0.05) is 6.07 Å². The van der Waals surface area contributed by atoms with Crippen LogP contribution in [0, 0.1) is 35.4 Å². The van der Waals surface area contributed by atoms with Gasteiger partial charge >= 0.3 is 6.09 Å². The number of hydrogen-bond acceptors (Lipinski definition) is 6. The van der Waals surface area contributed by atoms with Crippen LogP contribution in [0.15, 0.2) is 24.4 Å². The molecule has 0 bridgehead atoms. The summed E-state index contributed by atoms with van der Waals surface area (Å²) in [5.74, 6) is -0.0886. The van der Waals surface area contributed by atoms with Gasteiger partial charge in [0.25, 0.3) is 0 Å². The van der Waals surface area contributed by atoms with E-state index in [2.05, 4.69) is 16.4 Å². The topological polar surface area (TPSA) is 102 Å². The second kappa shape index (κ2) is 9.23. The van der Waals surface area contributed by atoms with E-state index in [0.717, 1.165) is 5.56 Å². The molecule has 8 heteroatoms. The molecule has 166 valence electrons. The maximum Gasteiger partial charge on any atom is 0.407 e. The van der Waals surface area contributed by atoms with E-state index >= 15 is 0 Å². The highest BCUT2D eigenvalue weighted by Crippen LogP contribution is 2.34. The van der Waals surface area contributed by atoms with Crippen LogP contribution in [0.2, 0.25) is 0 Å². The van der Waals surface area contributed by atoms with Crippen molar-refractivity contribution in [3.8, 4) is 23.3 Å². The van der Waals surface area contributed by atoms with Gasteiger partial charge in [-0.25, -0.2) is 14.2 Å². The third kappa shape index (κ3) is 5.15. The van der Waals surface area contributed by atoms with Crippen LogP contribution < -0.4 is 10.2 Å². The van der Waals surface area contributed by atoms with Gasteiger partial charge in [-0.05, 0) is 63.8 Å². The first-order valence-corrected chi connectivity index (χ1v) is 10.5. The first-order valence-electron chi connectivity index (χ1n) is 10.5. The van der Waals surface area contributed by atoms with Gasteiger partial charge in [0.15, 0.2) is 0 Å². The molecule has 1 aliphatic heterocycles. The summed E-state index contributed by atoms with van der Waals surface area (Å²) in [6, 6.07) is 8.36. The van der Waals surface area contributed by atoms with Crippen LogP contribution in [0.3, 0.4) is 0 Å². The number of pyridine rings is 1. The summed E-state index contributed by atoms with van der Waals surface area (Å²) < 4.78 is 19.6. The molecular weight excluding hydrogens is 409 g/mol. The highest BCUT2D eigenvalue weighted by molar-refractivity contribution is 5.79. The quantitative estimate of drug-likeness (QED) is 0.765. The zero-order valence-electron chi connectivity index (χ0n) is 18.7. The maximum absolute atomic E-state index is 14.2. The fourth-order valence-corrected chi connectivity index (χ4v) is 3.78. The van der Waals surface area contributed by atoms with Crippen molar-refractivity contribution in [3.05, 3.63) is 46.9 Å². The van der Waals surface area contributed by atoms with E-state index in [1.54, 1.807) is 12.3 Å². The molecule has 1 aromatic heterocycles. The van der Waals surface area contributed by atoms with Crippen LogP contribution >= 0.6 is 0 Å². The number of aromatic nitrogens is 1. The van der Waals surface area contributed by atoms with Gasteiger partial charge in [0.1, 0.15) is 34.9 Å². The predicted molar refractivity (Wildman–Crippen MR) is 118 cm³/mol. The molecule has 0 saturated carbocycles. The molecule has 1 aromatic carbocycles. The molecule has 0 aliphatic carbocycles. The molecule has 1 fully saturated rings. The van der Waals surface area contributed by atoms with Gasteiger partial charge in [-0.3, -0.25) is 0 Å². The molecule has 1 N–H and O–H groups in total. The minimum Gasteiger partial charge on any atom is -0.444 e. The van der Waals surface area contributed by atoms with E-state index in [0.29, 0.717) is 48.4 Å². The van der Waals surface area contributed by atoms with Crippen molar-refractivity contribution in [2.24, 2.45) is 0 Å². The lowest BCUT2D eigenvalue weighted by Crippen LogP contribution is -2.46. The Labute approximate surface area is 187 Å². The Kier molecular flexibility index (Phi) is 6.64. The number of aryl methyl sites for hydroxylation is 1. The van der Waals surface area contributed by atoms with Crippen molar-refractivity contribution < 1.29 is 13.9 Å². The number of benzene rings is 1. The summed E-state index contributed by atoms with van der Waals surface area (Å²) in [6.45, 7) is 8.48. The lowest BCUT2D eigenvalue weighted by Gasteiger charge is -2.34. The summed E-state index contributed by atoms with van der Waals surface area (Å²) in [7, 11) is 0. The van der Waals surface area contributed by atoms with Gasteiger partial charge in [0, 0.05) is 30.9 Å². The molecule has 0 spiro atoms. The Morgan fingerprint density at radius 3 is 2.50 bits per heavy atom. The number of carbonyl (C=O) groups is 1. The van der Waals surface area contributed by atoms with Crippen LogP contribution in [0.5, 0.6) is 0 Å². The number of rotatable bonds is 3. The summed E-state index contributed by atoms with van der Waals surface area (Å²) in [4.78, 5) is 18.5. The number of ether oxygens (including phenoxy) is 1. The van der Waals surface area contributed by atoms with Crippen molar-refractivity contribution in [1.29, 1.82) is 10.5 Å². The first-order chi connectivity index (χ1) is 15.1. The lowest BCUT2D eigenvalue weighted by atomic mass is 9.95. The van der Waals surface area contributed by atoms with Crippen LogP contribution in [-0.2, 0) is 4.74 Å². The van der Waals surface area contributed by atoms with E-state index in [1.165, 1.54) is 12.1 Å². The van der Waals surface area contributed by atoms with Gasteiger partial charge < -0.3 is 15.0 Å². The van der Waals surface area contributed by atoms with Crippen molar-refractivity contribution in [2.45, 2.75) is 52.2 Å². The Morgan fingerprint density at radius 1 is 1.25 bits per heavy atom. The number of nitrogens with zero attached hydrogens (tertiary/aromatic N) is 4. The number of anilines is 1. The number of carbonyl (C=O) groups excluding carboxylic acids is 1. The highest BCUT2D eigenvalue weighted by atomic mass is 19.1. The second-order valence-electron chi connectivity index (χ2n) is 8.84. The molecule has 32 heavy (non-hydrogen) atoms. The van der Waals surface area contributed by atoms with E-state index in [-0.39, 0.29) is 11.6 Å². The third-order valence-corrected chi connectivity index (χ3v) is 5.25. The van der Waals surface area contributed by atoms with Gasteiger partial charge in [0.2, 0.25) is 0 Å². The SMILES string of the molecule is Cc1cnc(N2CCC(NC(=O)OC(C)(C)C)CC2)c(C#N)c1-c1ccc(C#N)c(F)c1.